The first-order valence-corrected chi connectivity index (χ1v) is 8.47. The van der Waals surface area contributed by atoms with Crippen LogP contribution in [0.25, 0.3) is 21.5 Å². The third-order valence-electron chi connectivity index (χ3n) is 4.76. The fraction of sp³-hybridized carbons (Fsp3) is 0.238. The fourth-order valence-corrected chi connectivity index (χ4v) is 3.15. The third-order valence-corrected chi connectivity index (χ3v) is 4.76. The Balaban J connectivity index is 2.15. The first-order chi connectivity index (χ1) is 12.0. The Morgan fingerprint density at radius 2 is 1.52 bits per heavy atom. The number of fused-ring (bicyclic) bond motifs is 2. The summed E-state index contributed by atoms with van der Waals surface area (Å²) in [7, 11) is 0. The van der Waals surface area contributed by atoms with Crippen molar-refractivity contribution < 1.29 is 14.7 Å². The highest BCUT2D eigenvalue weighted by atomic mass is 16.4. The Morgan fingerprint density at radius 1 is 1.00 bits per heavy atom. The van der Waals surface area contributed by atoms with Gasteiger partial charge in [0.2, 0.25) is 0 Å². The van der Waals surface area contributed by atoms with Crippen LogP contribution in [-0.4, -0.2) is 23.0 Å². The number of carboxylic acid groups (broad SMARTS) is 1. The molecule has 3 aromatic rings. The van der Waals surface area contributed by atoms with Gasteiger partial charge in [-0.2, -0.15) is 0 Å². The zero-order valence-corrected chi connectivity index (χ0v) is 14.3. The van der Waals surface area contributed by atoms with Crippen molar-refractivity contribution in [2.75, 3.05) is 0 Å². The van der Waals surface area contributed by atoms with Crippen LogP contribution in [0.5, 0.6) is 0 Å². The maximum absolute atomic E-state index is 13.0. The number of nitrogens with one attached hydrogen (secondary N) is 1. The summed E-state index contributed by atoms with van der Waals surface area (Å²) in [5.74, 6) is -1.50. The first-order valence-electron chi connectivity index (χ1n) is 8.47. The number of aliphatic carboxylic acids is 1. The zero-order chi connectivity index (χ0) is 18.0. The summed E-state index contributed by atoms with van der Waals surface area (Å²) in [5.41, 5.74) is 0.531. The van der Waals surface area contributed by atoms with Gasteiger partial charge < -0.3 is 10.4 Å². The number of amides is 1. The van der Waals surface area contributed by atoms with Crippen LogP contribution >= 0.6 is 0 Å². The number of carbonyl (C=O) groups is 2. The Hall–Kier alpha value is -2.88. The molecule has 3 aromatic carbocycles. The lowest BCUT2D eigenvalue weighted by atomic mass is 9.94. The molecule has 0 aliphatic rings. The molecule has 1 amide bonds. The molecule has 2 atom stereocenters. The Labute approximate surface area is 146 Å². The van der Waals surface area contributed by atoms with E-state index in [1.807, 2.05) is 68.4 Å². The minimum absolute atomic E-state index is 0.150. The van der Waals surface area contributed by atoms with Gasteiger partial charge in [0.15, 0.2) is 0 Å². The molecule has 0 fully saturated rings. The molecule has 0 radical (unpaired) electrons. The lowest BCUT2D eigenvalue weighted by Crippen LogP contribution is -2.45. The van der Waals surface area contributed by atoms with Crippen LogP contribution in [0.4, 0.5) is 0 Å². The monoisotopic (exact) mass is 335 g/mol. The number of carbonyl (C=O) groups excluding carboxylic acids is 1. The van der Waals surface area contributed by atoms with Gasteiger partial charge in [0.25, 0.3) is 5.91 Å². The van der Waals surface area contributed by atoms with Crippen molar-refractivity contribution in [2.45, 2.75) is 26.3 Å². The van der Waals surface area contributed by atoms with Crippen molar-refractivity contribution in [3.8, 4) is 0 Å². The van der Waals surface area contributed by atoms with E-state index in [1.54, 1.807) is 0 Å². The molecule has 128 valence electrons. The van der Waals surface area contributed by atoms with E-state index < -0.39 is 12.0 Å². The predicted octanol–water partition coefficient (Wildman–Crippen LogP) is 4.22. The Kier molecular flexibility index (Phi) is 4.70. The lowest BCUT2D eigenvalue weighted by Gasteiger charge is -2.21. The number of hydrogen-bond acceptors (Lipinski definition) is 2. The van der Waals surface area contributed by atoms with E-state index in [1.165, 1.54) is 0 Å². The lowest BCUT2D eigenvalue weighted by molar-refractivity contribution is -0.140. The average molecular weight is 335 g/mol. The second-order valence-corrected chi connectivity index (χ2v) is 6.37. The van der Waals surface area contributed by atoms with Gasteiger partial charge in [0.05, 0.1) is 5.56 Å². The van der Waals surface area contributed by atoms with Crippen LogP contribution in [0.2, 0.25) is 0 Å². The van der Waals surface area contributed by atoms with Crippen molar-refractivity contribution in [2.24, 2.45) is 5.92 Å². The van der Waals surface area contributed by atoms with Gasteiger partial charge in [-0.05, 0) is 33.5 Å². The summed E-state index contributed by atoms with van der Waals surface area (Å²) in [6, 6.07) is 16.5. The highest BCUT2D eigenvalue weighted by Gasteiger charge is 2.27. The largest absolute Gasteiger partial charge is 0.480 e. The molecule has 0 saturated heterocycles. The standard InChI is InChI=1S/C21H21NO3/c1-3-13(2)19(21(24)25)22-20(23)18-16-10-6-4-8-14(16)12-15-9-5-7-11-17(15)18/h4-13,19H,3H2,1-2H3,(H,22,23)(H,24,25)/t13-,19-/m0/s1. The van der Waals surface area contributed by atoms with Gasteiger partial charge in [-0.3, -0.25) is 4.79 Å². The van der Waals surface area contributed by atoms with E-state index in [4.69, 9.17) is 0 Å². The van der Waals surface area contributed by atoms with Crippen LogP contribution in [0.15, 0.2) is 54.6 Å². The molecule has 0 spiro atoms. The van der Waals surface area contributed by atoms with Crippen molar-refractivity contribution >= 4 is 33.4 Å². The highest BCUT2D eigenvalue weighted by molar-refractivity contribution is 6.18. The average Bonchev–Trinajstić information content (AvgIpc) is 2.62. The third kappa shape index (κ3) is 3.20. The predicted molar refractivity (Wildman–Crippen MR) is 99.8 cm³/mol. The molecule has 0 aromatic heterocycles. The van der Waals surface area contributed by atoms with Crippen LogP contribution in [0, 0.1) is 5.92 Å². The maximum atomic E-state index is 13.0. The summed E-state index contributed by atoms with van der Waals surface area (Å²) in [5, 5.41) is 15.8. The van der Waals surface area contributed by atoms with E-state index in [-0.39, 0.29) is 11.8 Å². The smallest absolute Gasteiger partial charge is 0.326 e. The molecule has 25 heavy (non-hydrogen) atoms. The molecule has 0 saturated carbocycles. The summed E-state index contributed by atoms with van der Waals surface area (Å²) >= 11 is 0. The van der Waals surface area contributed by atoms with Gasteiger partial charge in [-0.25, -0.2) is 4.79 Å². The molecule has 0 bridgehead atoms. The van der Waals surface area contributed by atoms with Crippen LogP contribution in [0.3, 0.4) is 0 Å². The van der Waals surface area contributed by atoms with Crippen molar-refractivity contribution in [1.29, 1.82) is 0 Å². The number of rotatable bonds is 5. The summed E-state index contributed by atoms with van der Waals surface area (Å²) in [4.78, 5) is 24.6. The van der Waals surface area contributed by atoms with Crippen LogP contribution < -0.4 is 5.32 Å². The van der Waals surface area contributed by atoms with E-state index in [0.717, 1.165) is 21.5 Å². The van der Waals surface area contributed by atoms with E-state index in [9.17, 15) is 14.7 Å². The molecule has 0 unspecified atom stereocenters. The molecule has 0 heterocycles. The number of hydrogen-bond donors (Lipinski definition) is 2. The maximum Gasteiger partial charge on any atom is 0.326 e. The highest BCUT2D eigenvalue weighted by Crippen LogP contribution is 2.28. The van der Waals surface area contributed by atoms with Crippen molar-refractivity contribution in [3.63, 3.8) is 0 Å². The zero-order valence-electron chi connectivity index (χ0n) is 14.3. The molecule has 0 aliphatic carbocycles. The molecular weight excluding hydrogens is 314 g/mol. The number of benzene rings is 3. The number of carboxylic acids is 1. The van der Waals surface area contributed by atoms with E-state index in [0.29, 0.717) is 12.0 Å². The van der Waals surface area contributed by atoms with E-state index in [2.05, 4.69) is 5.32 Å². The van der Waals surface area contributed by atoms with Crippen LogP contribution in [0.1, 0.15) is 30.6 Å². The van der Waals surface area contributed by atoms with Gasteiger partial charge in [0.1, 0.15) is 6.04 Å². The minimum Gasteiger partial charge on any atom is -0.480 e. The van der Waals surface area contributed by atoms with Gasteiger partial charge >= 0.3 is 5.97 Å². The Morgan fingerprint density at radius 3 is 2.00 bits per heavy atom. The summed E-state index contributed by atoms with van der Waals surface area (Å²) in [6.45, 7) is 3.75. The molecule has 4 nitrogen and oxygen atoms in total. The fourth-order valence-electron chi connectivity index (χ4n) is 3.15. The molecule has 0 aliphatic heterocycles. The van der Waals surface area contributed by atoms with Gasteiger partial charge in [0, 0.05) is 0 Å². The second kappa shape index (κ2) is 6.93. The quantitative estimate of drug-likeness (QED) is 0.686. The first kappa shape index (κ1) is 17.0. The van der Waals surface area contributed by atoms with Crippen LogP contribution in [-0.2, 0) is 4.79 Å². The molecular formula is C21H21NO3. The minimum atomic E-state index is -1.01. The molecule has 2 N–H and O–H groups in total. The topological polar surface area (TPSA) is 66.4 Å². The Bertz CT molecular complexity index is 894. The van der Waals surface area contributed by atoms with Gasteiger partial charge in [-0.1, -0.05) is 68.8 Å². The summed E-state index contributed by atoms with van der Waals surface area (Å²) in [6.07, 6.45) is 0.674. The van der Waals surface area contributed by atoms with Gasteiger partial charge in [-0.15, -0.1) is 0 Å². The second-order valence-electron chi connectivity index (χ2n) is 6.37. The van der Waals surface area contributed by atoms with Crippen molar-refractivity contribution in [1.82, 2.24) is 5.32 Å². The summed E-state index contributed by atoms with van der Waals surface area (Å²) < 4.78 is 0. The normalized spacial score (nSPS) is 13.5. The molecule has 3 rings (SSSR count). The molecule has 4 heteroatoms. The van der Waals surface area contributed by atoms with Crippen molar-refractivity contribution in [3.05, 3.63) is 60.2 Å². The SMILES string of the molecule is CC[C@H](C)[C@H](NC(=O)c1c2ccccc2cc2ccccc12)C(=O)O. The van der Waals surface area contributed by atoms with E-state index >= 15 is 0 Å².